The lowest BCUT2D eigenvalue weighted by atomic mass is 9.90. The maximum absolute atomic E-state index is 11.7. The molecule has 1 heteroatoms. The normalized spacial score (nSPS) is 9.38. The second-order valence-electron chi connectivity index (χ2n) is 3.54. The molecule has 0 aliphatic rings. The fraction of sp³-hybridized carbons (Fsp3) is 0.133. The number of hydrogen-bond acceptors (Lipinski definition) is 1. The standard InChI is InChI=1S/C15H10O/c1-12(16)15(13-8-4-2-5-9-13)14-10-6-3-7-11-14/h2-4,6,8,10,15H,1H3. The number of Topliss-reactive ketones (excluding diaryl/α,β-unsaturated/α-hetero) is 1. The maximum atomic E-state index is 11.7. The molecule has 0 aliphatic carbocycles. The van der Waals surface area contributed by atoms with Crippen LogP contribution in [0.1, 0.15) is 24.0 Å². The second kappa shape index (κ2) is 4.51. The molecule has 0 saturated heterocycles. The third-order valence-electron chi connectivity index (χ3n) is 2.37. The number of ketones is 1. The Morgan fingerprint density at radius 2 is 1.56 bits per heavy atom. The number of carbonyl (C=O) groups excluding carboxylic acids is 1. The summed E-state index contributed by atoms with van der Waals surface area (Å²) in [4.78, 5) is 11.7. The lowest BCUT2D eigenvalue weighted by Crippen LogP contribution is -2.09. The Bertz CT molecular complexity index is 420. The van der Waals surface area contributed by atoms with Crippen LogP contribution < -0.4 is 0 Å². The summed E-state index contributed by atoms with van der Waals surface area (Å²) < 4.78 is 0. The van der Waals surface area contributed by atoms with E-state index < -0.39 is 0 Å². The van der Waals surface area contributed by atoms with E-state index in [0.29, 0.717) is 0 Å². The molecule has 0 bridgehead atoms. The predicted molar refractivity (Wildman–Crippen MR) is 60.8 cm³/mol. The van der Waals surface area contributed by atoms with E-state index in [-0.39, 0.29) is 11.7 Å². The van der Waals surface area contributed by atoms with Gasteiger partial charge in [0.15, 0.2) is 0 Å². The average molecular weight is 206 g/mol. The van der Waals surface area contributed by atoms with Crippen LogP contribution in [-0.2, 0) is 4.79 Å². The summed E-state index contributed by atoms with van der Waals surface area (Å²) in [5, 5.41) is 0. The molecule has 2 aromatic rings. The van der Waals surface area contributed by atoms with Gasteiger partial charge >= 0.3 is 0 Å². The van der Waals surface area contributed by atoms with Crippen LogP contribution >= 0.6 is 0 Å². The Morgan fingerprint density at radius 1 is 1.06 bits per heavy atom. The lowest BCUT2D eigenvalue weighted by molar-refractivity contribution is -0.117. The van der Waals surface area contributed by atoms with Crippen LogP contribution in [0.2, 0.25) is 0 Å². The molecule has 0 fully saturated rings. The Hall–Kier alpha value is -2.25. The van der Waals surface area contributed by atoms with Crippen molar-refractivity contribution in [2.75, 3.05) is 0 Å². The number of rotatable bonds is 3. The van der Waals surface area contributed by atoms with Gasteiger partial charge in [0.1, 0.15) is 5.78 Å². The smallest absolute Gasteiger partial charge is 0.142 e. The second-order valence-corrected chi connectivity index (χ2v) is 3.54. The van der Waals surface area contributed by atoms with E-state index >= 15 is 0 Å². The predicted octanol–water partition coefficient (Wildman–Crippen LogP) is 2.61. The van der Waals surface area contributed by atoms with Gasteiger partial charge in [0, 0.05) is 11.1 Å². The topological polar surface area (TPSA) is 17.1 Å². The summed E-state index contributed by atoms with van der Waals surface area (Å²) in [7, 11) is 0. The van der Waals surface area contributed by atoms with Crippen molar-refractivity contribution in [3.05, 3.63) is 71.8 Å². The lowest BCUT2D eigenvalue weighted by Gasteiger charge is -2.10. The third-order valence-corrected chi connectivity index (χ3v) is 2.37. The monoisotopic (exact) mass is 206 g/mol. The average Bonchev–Trinajstić information content (AvgIpc) is 2.31. The largest absolute Gasteiger partial charge is 0.299 e. The van der Waals surface area contributed by atoms with Crippen LogP contribution in [0.4, 0.5) is 0 Å². The van der Waals surface area contributed by atoms with Crippen LogP contribution in [0, 0.1) is 24.3 Å². The minimum absolute atomic E-state index is 0.0756. The van der Waals surface area contributed by atoms with Crippen molar-refractivity contribution in [1.29, 1.82) is 0 Å². The Kier molecular flexibility index (Phi) is 2.90. The molecule has 0 radical (unpaired) electrons. The van der Waals surface area contributed by atoms with Crippen LogP contribution in [0.5, 0.6) is 0 Å². The molecule has 2 rings (SSSR count). The van der Waals surface area contributed by atoms with E-state index in [1.54, 1.807) is 19.1 Å². The Balaban J connectivity index is 2.44. The van der Waals surface area contributed by atoms with Crippen molar-refractivity contribution in [3.63, 3.8) is 0 Å². The van der Waals surface area contributed by atoms with Crippen LogP contribution in [-0.4, -0.2) is 5.78 Å². The highest BCUT2D eigenvalue weighted by Gasteiger charge is 2.18. The molecule has 16 heavy (non-hydrogen) atoms. The van der Waals surface area contributed by atoms with E-state index in [4.69, 9.17) is 0 Å². The third kappa shape index (κ3) is 2.05. The molecule has 0 unspecified atom stereocenters. The first-order valence-electron chi connectivity index (χ1n) is 5.06. The van der Waals surface area contributed by atoms with Crippen LogP contribution in [0.15, 0.2) is 36.4 Å². The van der Waals surface area contributed by atoms with Gasteiger partial charge < -0.3 is 0 Å². The fourth-order valence-electron chi connectivity index (χ4n) is 1.68. The molecule has 0 atom stereocenters. The SMILES string of the molecule is CC(=O)C(c1c#cccc1)c1c#cccc1. The van der Waals surface area contributed by atoms with Gasteiger partial charge in [-0.2, -0.15) is 0 Å². The number of carbonyl (C=O) groups is 1. The molecule has 0 heterocycles. The summed E-state index contributed by atoms with van der Waals surface area (Å²) in [6.45, 7) is 1.58. The number of hydrogen-bond donors (Lipinski definition) is 0. The zero-order chi connectivity index (χ0) is 11.4. The molecule has 0 aromatic heterocycles. The summed E-state index contributed by atoms with van der Waals surface area (Å²) in [5.74, 6) is -0.235. The first-order valence-corrected chi connectivity index (χ1v) is 5.06. The highest BCUT2D eigenvalue weighted by atomic mass is 16.1. The molecule has 0 saturated carbocycles. The Morgan fingerprint density at radius 3 is 1.88 bits per heavy atom. The minimum atomic E-state index is -0.310. The highest BCUT2D eigenvalue weighted by Crippen LogP contribution is 2.22. The summed E-state index contributed by atoms with van der Waals surface area (Å²) in [6, 6.07) is 22.7. The van der Waals surface area contributed by atoms with Gasteiger partial charge in [0.05, 0.1) is 5.92 Å². The quantitative estimate of drug-likeness (QED) is 0.754. The Labute approximate surface area is 95.7 Å². The molecule has 0 N–H and O–H groups in total. The van der Waals surface area contributed by atoms with Gasteiger partial charge in [-0.15, -0.1) is 0 Å². The first kappa shape index (κ1) is 10.3. The van der Waals surface area contributed by atoms with Gasteiger partial charge in [0.25, 0.3) is 0 Å². The molecule has 0 spiro atoms. The fourth-order valence-corrected chi connectivity index (χ4v) is 1.68. The van der Waals surface area contributed by atoms with Gasteiger partial charge in [-0.1, -0.05) is 36.4 Å². The van der Waals surface area contributed by atoms with E-state index in [1.807, 2.05) is 24.3 Å². The van der Waals surface area contributed by atoms with Gasteiger partial charge in [-0.05, 0) is 31.2 Å². The summed E-state index contributed by atoms with van der Waals surface area (Å²) in [6.07, 6.45) is 0. The summed E-state index contributed by atoms with van der Waals surface area (Å²) in [5.41, 5.74) is 1.65. The maximum Gasteiger partial charge on any atom is 0.142 e. The van der Waals surface area contributed by atoms with Gasteiger partial charge in [0.2, 0.25) is 0 Å². The van der Waals surface area contributed by atoms with Gasteiger partial charge in [-0.3, -0.25) is 4.79 Å². The molecular formula is C15H10O. The first-order chi connectivity index (χ1) is 7.79. The van der Waals surface area contributed by atoms with Crippen LogP contribution in [0.25, 0.3) is 0 Å². The van der Waals surface area contributed by atoms with Crippen molar-refractivity contribution in [2.24, 2.45) is 0 Å². The zero-order valence-corrected chi connectivity index (χ0v) is 8.95. The summed E-state index contributed by atoms with van der Waals surface area (Å²) >= 11 is 0. The minimum Gasteiger partial charge on any atom is -0.299 e. The van der Waals surface area contributed by atoms with E-state index in [1.165, 1.54) is 0 Å². The molecule has 1 nitrogen and oxygen atoms in total. The van der Waals surface area contributed by atoms with Crippen molar-refractivity contribution in [1.82, 2.24) is 0 Å². The van der Waals surface area contributed by atoms with E-state index in [0.717, 1.165) is 11.1 Å². The van der Waals surface area contributed by atoms with E-state index in [2.05, 4.69) is 24.3 Å². The van der Waals surface area contributed by atoms with Crippen molar-refractivity contribution in [3.8, 4) is 0 Å². The van der Waals surface area contributed by atoms with Crippen molar-refractivity contribution < 1.29 is 4.79 Å². The molecule has 76 valence electrons. The van der Waals surface area contributed by atoms with Crippen molar-refractivity contribution >= 4 is 5.78 Å². The van der Waals surface area contributed by atoms with Crippen molar-refractivity contribution in [2.45, 2.75) is 12.8 Å². The zero-order valence-electron chi connectivity index (χ0n) is 8.95. The van der Waals surface area contributed by atoms with Gasteiger partial charge in [-0.25, -0.2) is 0 Å². The molecular weight excluding hydrogens is 196 g/mol. The van der Waals surface area contributed by atoms with Crippen LogP contribution in [0.3, 0.4) is 0 Å². The molecule has 2 aromatic carbocycles. The molecule has 0 amide bonds. The highest BCUT2D eigenvalue weighted by molar-refractivity contribution is 5.86. The molecule has 0 aliphatic heterocycles. The van der Waals surface area contributed by atoms with E-state index in [9.17, 15) is 4.79 Å².